The summed E-state index contributed by atoms with van der Waals surface area (Å²) in [7, 11) is 0. The molecular weight excluding hydrogens is 456 g/mol. The molecule has 9 nitrogen and oxygen atoms in total. The van der Waals surface area contributed by atoms with Crippen LogP contribution in [-0.2, 0) is 16.0 Å². The quantitative estimate of drug-likeness (QED) is 0.421. The zero-order valence-corrected chi connectivity index (χ0v) is 20.2. The van der Waals surface area contributed by atoms with Crippen LogP contribution in [0.25, 0.3) is 16.7 Å². The number of nitrogens with one attached hydrogen (secondary N) is 2. The second-order valence-electron chi connectivity index (χ2n) is 9.17. The zero-order valence-electron chi connectivity index (χ0n) is 20.2. The average Bonchev–Trinajstić information content (AvgIpc) is 3.25. The summed E-state index contributed by atoms with van der Waals surface area (Å²) in [5.74, 6) is 0.0725. The monoisotopic (exact) mass is 482 g/mol. The highest BCUT2D eigenvalue weighted by molar-refractivity contribution is 5.97. The number of nitrogens with zero attached hydrogens (tertiary/aromatic N) is 4. The molecular formula is C27H26N6O3. The lowest BCUT2D eigenvalue weighted by Crippen LogP contribution is -2.47. The Labute approximate surface area is 208 Å². The third kappa shape index (κ3) is 5.85. The highest BCUT2D eigenvalue weighted by Crippen LogP contribution is 2.21. The molecule has 2 aromatic carbocycles. The number of anilines is 1. The number of ether oxygens (including phenoxy) is 1. The average molecular weight is 483 g/mol. The summed E-state index contributed by atoms with van der Waals surface area (Å²) >= 11 is 0. The lowest BCUT2D eigenvalue weighted by molar-refractivity contribution is -0.118. The lowest BCUT2D eigenvalue weighted by atomic mass is 10.1. The smallest absolute Gasteiger partial charge is 0.408 e. The second-order valence-corrected chi connectivity index (χ2v) is 9.17. The van der Waals surface area contributed by atoms with E-state index in [1.165, 1.54) is 10.9 Å². The van der Waals surface area contributed by atoms with Crippen molar-refractivity contribution in [3.63, 3.8) is 0 Å². The van der Waals surface area contributed by atoms with Crippen molar-refractivity contribution in [2.75, 3.05) is 5.32 Å². The molecule has 0 aliphatic rings. The third-order valence-corrected chi connectivity index (χ3v) is 5.22. The van der Waals surface area contributed by atoms with E-state index in [1.54, 1.807) is 26.8 Å². The molecule has 2 aromatic heterocycles. The first kappa shape index (κ1) is 24.4. The van der Waals surface area contributed by atoms with Gasteiger partial charge < -0.3 is 15.4 Å². The van der Waals surface area contributed by atoms with Gasteiger partial charge in [-0.15, -0.1) is 0 Å². The topological polar surface area (TPSA) is 122 Å². The Balaban J connectivity index is 1.64. The molecule has 0 bridgehead atoms. The van der Waals surface area contributed by atoms with Crippen molar-refractivity contribution in [1.82, 2.24) is 20.1 Å². The Hall–Kier alpha value is -4.71. The Morgan fingerprint density at radius 1 is 1.06 bits per heavy atom. The fourth-order valence-electron chi connectivity index (χ4n) is 3.61. The van der Waals surface area contributed by atoms with E-state index in [0.29, 0.717) is 5.82 Å². The molecule has 0 radical (unpaired) electrons. The van der Waals surface area contributed by atoms with E-state index in [4.69, 9.17) is 4.74 Å². The SMILES string of the molecule is CC(C)(C)OC(=O)NC(Cc1ccccc1)C(=O)Nc1c(C#N)cnn1-c1ccc2ccccc2n1. The molecule has 4 rings (SSSR count). The number of para-hydroxylation sites is 1. The molecule has 0 spiro atoms. The van der Waals surface area contributed by atoms with Gasteiger partial charge in [0.2, 0.25) is 5.91 Å². The maximum absolute atomic E-state index is 13.4. The molecule has 0 aliphatic heterocycles. The molecule has 0 aliphatic carbocycles. The van der Waals surface area contributed by atoms with Gasteiger partial charge in [-0.3, -0.25) is 4.79 Å². The first-order valence-corrected chi connectivity index (χ1v) is 11.4. The van der Waals surface area contributed by atoms with Crippen LogP contribution in [0.4, 0.5) is 10.6 Å². The largest absolute Gasteiger partial charge is 0.444 e. The van der Waals surface area contributed by atoms with Crippen molar-refractivity contribution >= 4 is 28.7 Å². The van der Waals surface area contributed by atoms with Crippen LogP contribution in [0.1, 0.15) is 31.9 Å². The summed E-state index contributed by atoms with van der Waals surface area (Å²) in [5, 5.41) is 20.3. The Kier molecular flexibility index (Phi) is 6.97. The van der Waals surface area contributed by atoms with E-state index >= 15 is 0 Å². The minimum atomic E-state index is -0.971. The number of fused-ring (bicyclic) bond motifs is 1. The van der Waals surface area contributed by atoms with Crippen LogP contribution in [0, 0.1) is 11.3 Å². The van der Waals surface area contributed by atoms with Gasteiger partial charge in [-0.25, -0.2) is 9.78 Å². The van der Waals surface area contributed by atoms with Gasteiger partial charge in [0.1, 0.15) is 23.3 Å². The molecule has 2 amide bonds. The van der Waals surface area contributed by atoms with E-state index in [-0.39, 0.29) is 17.8 Å². The minimum Gasteiger partial charge on any atom is -0.444 e. The van der Waals surface area contributed by atoms with Gasteiger partial charge in [-0.2, -0.15) is 15.0 Å². The maximum atomic E-state index is 13.4. The van der Waals surface area contributed by atoms with Crippen LogP contribution in [0.5, 0.6) is 0 Å². The number of carbonyl (C=O) groups excluding carboxylic acids is 2. The van der Waals surface area contributed by atoms with Crippen LogP contribution in [-0.4, -0.2) is 38.4 Å². The van der Waals surface area contributed by atoms with E-state index < -0.39 is 23.6 Å². The molecule has 2 N–H and O–H groups in total. The first-order chi connectivity index (χ1) is 17.2. The number of aromatic nitrogens is 3. The second kappa shape index (κ2) is 10.3. The van der Waals surface area contributed by atoms with Crippen molar-refractivity contribution in [3.05, 3.63) is 84.1 Å². The van der Waals surface area contributed by atoms with Crippen molar-refractivity contribution in [2.24, 2.45) is 0 Å². The van der Waals surface area contributed by atoms with Crippen molar-refractivity contribution in [2.45, 2.75) is 38.8 Å². The Bertz CT molecular complexity index is 1430. The van der Waals surface area contributed by atoms with Crippen molar-refractivity contribution < 1.29 is 14.3 Å². The number of amides is 2. The van der Waals surface area contributed by atoms with Gasteiger partial charge in [-0.05, 0) is 44.5 Å². The Morgan fingerprint density at radius 3 is 2.50 bits per heavy atom. The van der Waals surface area contributed by atoms with Gasteiger partial charge in [0.25, 0.3) is 0 Å². The maximum Gasteiger partial charge on any atom is 0.408 e. The van der Waals surface area contributed by atoms with Crippen LogP contribution in [0.2, 0.25) is 0 Å². The van der Waals surface area contributed by atoms with E-state index in [9.17, 15) is 14.9 Å². The third-order valence-electron chi connectivity index (χ3n) is 5.22. The molecule has 1 atom stereocenters. The minimum absolute atomic E-state index is 0.161. The van der Waals surface area contributed by atoms with E-state index in [0.717, 1.165) is 16.5 Å². The first-order valence-electron chi connectivity index (χ1n) is 11.4. The predicted molar refractivity (Wildman–Crippen MR) is 136 cm³/mol. The lowest BCUT2D eigenvalue weighted by Gasteiger charge is -2.23. The van der Waals surface area contributed by atoms with Crippen molar-refractivity contribution in [1.29, 1.82) is 5.26 Å². The summed E-state index contributed by atoms with van der Waals surface area (Å²) < 4.78 is 6.76. The predicted octanol–water partition coefficient (Wildman–Crippen LogP) is 4.37. The number of benzene rings is 2. The zero-order chi connectivity index (χ0) is 25.7. The molecule has 9 heteroatoms. The number of alkyl carbamates (subject to hydrolysis) is 1. The molecule has 0 saturated heterocycles. The fourth-order valence-corrected chi connectivity index (χ4v) is 3.61. The summed E-state index contributed by atoms with van der Waals surface area (Å²) in [6, 6.07) is 21.6. The van der Waals surface area contributed by atoms with Crippen LogP contribution in [0.3, 0.4) is 0 Å². The molecule has 182 valence electrons. The highest BCUT2D eigenvalue weighted by Gasteiger charge is 2.27. The van der Waals surface area contributed by atoms with Gasteiger partial charge in [-0.1, -0.05) is 48.5 Å². The summed E-state index contributed by atoms with van der Waals surface area (Å²) in [6.45, 7) is 5.23. The Morgan fingerprint density at radius 2 is 1.78 bits per heavy atom. The number of carbonyl (C=O) groups is 2. The molecule has 36 heavy (non-hydrogen) atoms. The number of pyridine rings is 1. The van der Waals surface area contributed by atoms with Gasteiger partial charge in [0, 0.05) is 11.8 Å². The number of nitriles is 1. The fraction of sp³-hybridized carbons (Fsp3) is 0.222. The molecule has 0 fully saturated rings. The molecule has 2 heterocycles. The molecule has 4 aromatic rings. The highest BCUT2D eigenvalue weighted by atomic mass is 16.6. The number of rotatable bonds is 6. The van der Waals surface area contributed by atoms with Gasteiger partial charge in [0.15, 0.2) is 11.6 Å². The number of hydrogen-bond acceptors (Lipinski definition) is 6. The standard InChI is InChI=1S/C27H26N6O3/c1-27(2,3)36-26(35)31-22(15-18-9-5-4-6-10-18)25(34)32-24-20(16-28)17-29-33(24)23-14-13-19-11-7-8-12-21(19)30-23/h4-14,17,22H,15H2,1-3H3,(H,31,35)(H,32,34). The summed E-state index contributed by atoms with van der Waals surface area (Å²) in [5.41, 5.74) is 1.02. The molecule has 0 saturated carbocycles. The summed E-state index contributed by atoms with van der Waals surface area (Å²) in [6.07, 6.45) is 0.861. The molecule has 1 unspecified atom stereocenters. The van der Waals surface area contributed by atoms with Crippen LogP contribution >= 0.6 is 0 Å². The normalized spacial score (nSPS) is 11.9. The van der Waals surface area contributed by atoms with Gasteiger partial charge >= 0.3 is 6.09 Å². The van der Waals surface area contributed by atoms with E-state index in [2.05, 4.69) is 26.8 Å². The van der Waals surface area contributed by atoms with E-state index in [1.807, 2.05) is 60.7 Å². The number of hydrogen-bond donors (Lipinski definition) is 2. The van der Waals surface area contributed by atoms with Gasteiger partial charge in [0.05, 0.1) is 11.7 Å². The van der Waals surface area contributed by atoms with Crippen LogP contribution < -0.4 is 10.6 Å². The summed E-state index contributed by atoms with van der Waals surface area (Å²) in [4.78, 5) is 30.5. The van der Waals surface area contributed by atoms with Crippen LogP contribution in [0.15, 0.2) is 72.9 Å². The van der Waals surface area contributed by atoms with Crippen molar-refractivity contribution in [3.8, 4) is 11.9 Å².